The minimum Gasteiger partial charge on any atom is -0.457 e. The highest BCUT2D eigenvalue weighted by molar-refractivity contribution is 9.10. The van der Waals surface area contributed by atoms with E-state index in [2.05, 4.69) is 93.9 Å². The molecule has 1 saturated heterocycles. The van der Waals surface area contributed by atoms with E-state index in [-0.39, 0.29) is 34.5 Å². The number of imide groups is 1. The van der Waals surface area contributed by atoms with Crippen molar-refractivity contribution in [1.29, 1.82) is 0 Å². The van der Waals surface area contributed by atoms with Crippen LogP contribution in [0.15, 0.2) is 89.4 Å². The lowest BCUT2D eigenvalue weighted by molar-refractivity contribution is -0.122. The van der Waals surface area contributed by atoms with Crippen molar-refractivity contribution in [1.82, 2.24) is 0 Å². The normalized spacial score (nSPS) is 22.3. The third-order valence-electron chi connectivity index (χ3n) is 9.51. The number of rotatable bonds is 3. The van der Waals surface area contributed by atoms with Gasteiger partial charge in [-0.3, -0.25) is 9.59 Å². The molecule has 4 unspecified atom stereocenters. The average molecular weight is 635 g/mol. The molecule has 43 heavy (non-hydrogen) atoms. The lowest BCUT2D eigenvalue weighted by atomic mass is 9.54. The summed E-state index contributed by atoms with van der Waals surface area (Å²) in [4.78, 5) is 30.1. The van der Waals surface area contributed by atoms with Gasteiger partial charge in [-0.2, -0.15) is 0 Å². The fraction of sp³-hybridized carbons (Fsp3) is 0.316. The smallest absolute Gasteiger partial charge is 0.238 e. The summed E-state index contributed by atoms with van der Waals surface area (Å²) < 4.78 is 6.97. The van der Waals surface area contributed by atoms with E-state index in [1.54, 1.807) is 0 Å². The van der Waals surface area contributed by atoms with Crippen LogP contribution in [0.5, 0.6) is 11.5 Å². The van der Waals surface area contributed by atoms with Gasteiger partial charge in [0.25, 0.3) is 0 Å². The van der Waals surface area contributed by atoms with Gasteiger partial charge in [0.2, 0.25) is 11.8 Å². The van der Waals surface area contributed by atoms with Gasteiger partial charge in [0.15, 0.2) is 0 Å². The van der Waals surface area contributed by atoms with Crippen LogP contribution in [0.3, 0.4) is 0 Å². The summed E-state index contributed by atoms with van der Waals surface area (Å²) in [5.74, 6) is -0.0132. The minimum atomic E-state index is -0.424. The number of hydrogen-bond acceptors (Lipinski definition) is 3. The van der Waals surface area contributed by atoms with Crippen LogP contribution in [0.4, 0.5) is 5.69 Å². The van der Waals surface area contributed by atoms with Crippen molar-refractivity contribution in [2.24, 2.45) is 11.8 Å². The van der Waals surface area contributed by atoms with Gasteiger partial charge in [0.05, 0.1) is 17.5 Å². The van der Waals surface area contributed by atoms with Crippen molar-refractivity contribution >= 4 is 33.4 Å². The van der Waals surface area contributed by atoms with Gasteiger partial charge in [0, 0.05) is 16.3 Å². The molecule has 0 aromatic heterocycles. The van der Waals surface area contributed by atoms with Crippen LogP contribution in [0.25, 0.3) is 0 Å². The Balaban J connectivity index is 1.30. The number of halogens is 1. The highest BCUT2D eigenvalue weighted by Gasteiger charge is 2.62. The molecule has 3 aliphatic carbocycles. The molecular weight excluding hydrogens is 598 g/mol. The molecule has 4 nitrogen and oxygen atoms in total. The van der Waals surface area contributed by atoms with Crippen LogP contribution in [0.1, 0.15) is 86.8 Å². The van der Waals surface area contributed by atoms with Gasteiger partial charge >= 0.3 is 0 Å². The van der Waals surface area contributed by atoms with Crippen molar-refractivity contribution < 1.29 is 14.3 Å². The van der Waals surface area contributed by atoms with Crippen molar-refractivity contribution in [3.05, 3.63) is 123 Å². The third-order valence-corrected chi connectivity index (χ3v) is 10.0. The van der Waals surface area contributed by atoms with E-state index in [0.29, 0.717) is 17.2 Å². The number of amides is 2. The molecule has 5 heteroatoms. The summed E-state index contributed by atoms with van der Waals surface area (Å²) in [6, 6.07) is 28.4. The molecule has 4 aliphatic rings. The van der Waals surface area contributed by atoms with Gasteiger partial charge in [-0.05, 0) is 92.7 Å². The molecule has 4 aromatic carbocycles. The lowest BCUT2D eigenvalue weighted by Gasteiger charge is -2.47. The zero-order chi connectivity index (χ0) is 30.4. The second-order valence-electron chi connectivity index (χ2n) is 14.3. The van der Waals surface area contributed by atoms with E-state index in [1.807, 2.05) is 48.5 Å². The Bertz CT molecular complexity index is 1690. The van der Waals surface area contributed by atoms with Crippen LogP contribution < -0.4 is 9.64 Å². The SMILES string of the molecule is CC(C)(C)c1ccc2c(c1)C1c3ccc(C(C)(C)C)cc3C2C2C(=O)N(c3ccc(Oc4ccc(Br)cc4)cc3)C(=O)C12. The Morgan fingerprint density at radius 3 is 1.42 bits per heavy atom. The molecule has 1 fully saturated rings. The van der Waals surface area contributed by atoms with E-state index in [1.165, 1.54) is 38.3 Å². The number of carbonyl (C=O) groups is 2. The average Bonchev–Trinajstić information content (AvgIpc) is 3.23. The molecule has 0 N–H and O–H groups in total. The standard InChI is InChI=1S/C38H36BrNO3/c1-37(2,3)21-7-17-27-29(19-21)31-28-18-8-22(38(4,5)6)20-30(28)32(27)34-33(31)35(41)40(36(34)42)24-11-15-26(16-12-24)43-25-13-9-23(39)10-14-25/h7-20,31-34H,1-6H3. The Kier molecular flexibility index (Phi) is 6.31. The zero-order valence-corrected chi connectivity index (χ0v) is 27.0. The van der Waals surface area contributed by atoms with Gasteiger partial charge < -0.3 is 4.74 Å². The van der Waals surface area contributed by atoms with Gasteiger partial charge in [-0.1, -0.05) is 93.9 Å². The fourth-order valence-electron chi connectivity index (χ4n) is 7.27. The molecule has 2 bridgehead atoms. The number of anilines is 1. The molecule has 4 atom stereocenters. The molecule has 1 heterocycles. The second-order valence-corrected chi connectivity index (χ2v) is 15.2. The number of hydrogen-bond donors (Lipinski definition) is 0. The Labute approximate surface area is 262 Å². The predicted molar refractivity (Wildman–Crippen MR) is 174 cm³/mol. The predicted octanol–water partition coefficient (Wildman–Crippen LogP) is 9.23. The van der Waals surface area contributed by atoms with Crippen molar-refractivity contribution in [2.75, 3.05) is 4.90 Å². The molecular formula is C38H36BrNO3. The first-order valence-corrected chi connectivity index (χ1v) is 15.8. The van der Waals surface area contributed by atoms with Crippen LogP contribution in [-0.4, -0.2) is 11.8 Å². The van der Waals surface area contributed by atoms with Gasteiger partial charge in [-0.25, -0.2) is 4.90 Å². The number of carbonyl (C=O) groups excluding carboxylic acids is 2. The van der Waals surface area contributed by atoms with Gasteiger partial charge in [0.1, 0.15) is 11.5 Å². The molecule has 0 spiro atoms. The van der Waals surface area contributed by atoms with E-state index in [0.717, 1.165) is 4.47 Å². The first-order valence-electron chi connectivity index (χ1n) is 15.0. The Morgan fingerprint density at radius 1 is 0.581 bits per heavy atom. The molecule has 0 radical (unpaired) electrons. The fourth-order valence-corrected chi connectivity index (χ4v) is 7.53. The van der Waals surface area contributed by atoms with Gasteiger partial charge in [-0.15, -0.1) is 0 Å². The van der Waals surface area contributed by atoms with E-state index < -0.39 is 11.8 Å². The largest absolute Gasteiger partial charge is 0.457 e. The lowest BCUT2D eigenvalue weighted by Crippen LogP contribution is -2.42. The molecule has 0 saturated carbocycles. The van der Waals surface area contributed by atoms with Crippen molar-refractivity contribution in [3.8, 4) is 11.5 Å². The third kappa shape index (κ3) is 4.47. The maximum atomic E-state index is 14.3. The number of ether oxygens (including phenoxy) is 1. The summed E-state index contributed by atoms with van der Waals surface area (Å²) in [5.41, 5.74) is 7.84. The maximum Gasteiger partial charge on any atom is 0.238 e. The number of benzene rings is 4. The topological polar surface area (TPSA) is 46.6 Å². The van der Waals surface area contributed by atoms with E-state index in [9.17, 15) is 9.59 Å². The summed E-state index contributed by atoms with van der Waals surface area (Å²) >= 11 is 3.45. The highest BCUT2D eigenvalue weighted by atomic mass is 79.9. The van der Waals surface area contributed by atoms with Crippen LogP contribution in [-0.2, 0) is 20.4 Å². The van der Waals surface area contributed by atoms with Crippen molar-refractivity contribution in [3.63, 3.8) is 0 Å². The Hall–Kier alpha value is -3.70. The molecule has 1 aliphatic heterocycles. The Morgan fingerprint density at radius 2 is 1.00 bits per heavy atom. The van der Waals surface area contributed by atoms with Crippen LogP contribution in [0.2, 0.25) is 0 Å². The van der Waals surface area contributed by atoms with Crippen LogP contribution in [0, 0.1) is 11.8 Å². The summed E-state index contributed by atoms with van der Waals surface area (Å²) in [6.45, 7) is 13.3. The summed E-state index contributed by atoms with van der Waals surface area (Å²) in [6.07, 6.45) is 0. The van der Waals surface area contributed by atoms with Crippen LogP contribution >= 0.6 is 15.9 Å². The quantitative estimate of drug-likeness (QED) is 0.211. The monoisotopic (exact) mass is 633 g/mol. The zero-order valence-electron chi connectivity index (χ0n) is 25.4. The number of nitrogens with zero attached hydrogens (tertiary/aromatic N) is 1. The summed E-state index contributed by atoms with van der Waals surface area (Å²) in [5, 5.41) is 0. The minimum absolute atomic E-state index is 0.0222. The van der Waals surface area contributed by atoms with E-state index >= 15 is 0 Å². The second kappa shape index (κ2) is 9.65. The maximum absolute atomic E-state index is 14.3. The first kappa shape index (κ1) is 28.1. The van der Waals surface area contributed by atoms with Crippen molar-refractivity contribution in [2.45, 2.75) is 64.2 Å². The molecule has 2 amide bonds. The summed E-state index contributed by atoms with van der Waals surface area (Å²) in [7, 11) is 0. The van der Waals surface area contributed by atoms with E-state index in [4.69, 9.17) is 4.74 Å². The highest BCUT2D eigenvalue weighted by Crippen LogP contribution is 2.62. The first-order chi connectivity index (χ1) is 20.3. The molecule has 8 rings (SSSR count). The molecule has 4 aromatic rings. The molecule has 218 valence electrons.